The van der Waals surface area contributed by atoms with Crippen molar-refractivity contribution in [1.82, 2.24) is 0 Å². The first kappa shape index (κ1) is 15.9. The maximum absolute atomic E-state index is 9.41. The topological polar surface area (TPSA) is 20.2 Å². The molecule has 18 heavy (non-hydrogen) atoms. The van der Waals surface area contributed by atoms with Crippen molar-refractivity contribution < 1.29 is 5.11 Å². The van der Waals surface area contributed by atoms with Gasteiger partial charge in [-0.1, -0.05) is 55.6 Å². The van der Waals surface area contributed by atoms with Gasteiger partial charge in [0.05, 0.1) is 6.10 Å². The van der Waals surface area contributed by atoms with E-state index in [9.17, 15) is 5.11 Å². The van der Waals surface area contributed by atoms with Gasteiger partial charge in [0.25, 0.3) is 0 Å². The Bertz CT molecular complexity index is 473. The lowest BCUT2D eigenvalue weighted by Crippen LogP contribution is -1.99. The SMILES string of the molecule is CC#CC#CC#C\C=C/C=C/C=C/[C@H](O)CCC. The van der Waals surface area contributed by atoms with Crippen molar-refractivity contribution >= 4 is 0 Å². The highest BCUT2D eigenvalue weighted by Gasteiger charge is 1.92. The molecule has 0 saturated heterocycles. The van der Waals surface area contributed by atoms with Crippen molar-refractivity contribution in [3.05, 3.63) is 36.5 Å². The Morgan fingerprint density at radius 3 is 2.44 bits per heavy atom. The minimum absolute atomic E-state index is 0.349. The van der Waals surface area contributed by atoms with Gasteiger partial charge in [0, 0.05) is 0 Å². The van der Waals surface area contributed by atoms with E-state index in [1.165, 1.54) is 0 Å². The molecule has 0 radical (unpaired) electrons. The lowest BCUT2D eigenvalue weighted by molar-refractivity contribution is 0.211. The zero-order valence-electron chi connectivity index (χ0n) is 10.9. The summed E-state index contributed by atoms with van der Waals surface area (Å²) in [5, 5.41) is 9.41. The molecule has 1 nitrogen and oxygen atoms in total. The zero-order chi connectivity index (χ0) is 13.5. The van der Waals surface area contributed by atoms with Gasteiger partial charge in [-0.3, -0.25) is 0 Å². The van der Waals surface area contributed by atoms with Gasteiger partial charge in [-0.25, -0.2) is 0 Å². The standard InChI is InChI=1S/C17H18O/c1-3-5-6-7-8-9-10-11-12-13-14-16-17(18)15-4-2/h10-14,16-18H,4,15H2,1-2H3/b11-10-,13-12+,16-14+/t17-/m1/s1. The second-order valence-electron chi connectivity index (χ2n) is 3.38. The maximum atomic E-state index is 9.41. The smallest absolute Gasteiger partial charge is 0.0723 e. The van der Waals surface area contributed by atoms with E-state index < -0.39 is 0 Å². The molecule has 1 N–H and O–H groups in total. The van der Waals surface area contributed by atoms with Gasteiger partial charge in [-0.05, 0) is 43.1 Å². The number of aliphatic hydroxyl groups is 1. The number of allylic oxidation sites excluding steroid dienone is 5. The van der Waals surface area contributed by atoms with Crippen molar-refractivity contribution in [2.24, 2.45) is 0 Å². The van der Waals surface area contributed by atoms with Crippen LogP contribution in [0.5, 0.6) is 0 Å². The molecule has 0 aromatic rings. The van der Waals surface area contributed by atoms with Gasteiger partial charge in [0.15, 0.2) is 0 Å². The van der Waals surface area contributed by atoms with Gasteiger partial charge < -0.3 is 5.11 Å². The number of rotatable bonds is 5. The van der Waals surface area contributed by atoms with Gasteiger partial charge in [0.1, 0.15) is 0 Å². The van der Waals surface area contributed by atoms with Crippen LogP contribution in [0.15, 0.2) is 36.5 Å². The molecule has 0 fully saturated rings. The Balaban J connectivity index is 3.95. The lowest BCUT2D eigenvalue weighted by atomic mass is 10.2. The predicted octanol–water partition coefficient (Wildman–Crippen LogP) is 2.85. The summed E-state index contributed by atoms with van der Waals surface area (Å²) >= 11 is 0. The third-order valence-electron chi connectivity index (χ3n) is 1.82. The summed E-state index contributed by atoms with van der Waals surface area (Å²) in [4.78, 5) is 0. The molecule has 0 aromatic carbocycles. The van der Waals surface area contributed by atoms with Crippen LogP contribution < -0.4 is 0 Å². The molecule has 1 heteroatoms. The fourth-order valence-electron chi connectivity index (χ4n) is 1.02. The third kappa shape index (κ3) is 11.9. The van der Waals surface area contributed by atoms with Crippen LogP contribution in [0, 0.1) is 35.5 Å². The average molecular weight is 238 g/mol. The van der Waals surface area contributed by atoms with Crippen LogP contribution in [0.1, 0.15) is 26.7 Å². The summed E-state index contributed by atoms with van der Waals surface area (Å²) in [6, 6.07) is 0. The van der Waals surface area contributed by atoms with Crippen molar-refractivity contribution in [1.29, 1.82) is 0 Å². The van der Waals surface area contributed by atoms with Crippen molar-refractivity contribution in [2.45, 2.75) is 32.8 Å². The average Bonchev–Trinajstić information content (AvgIpc) is 2.36. The Labute approximate surface area is 110 Å². The van der Waals surface area contributed by atoms with Crippen molar-refractivity contribution in [3.8, 4) is 35.5 Å². The van der Waals surface area contributed by atoms with Gasteiger partial charge in [-0.15, -0.1) is 0 Å². The molecule has 0 heterocycles. The minimum Gasteiger partial charge on any atom is -0.389 e. The van der Waals surface area contributed by atoms with Gasteiger partial charge >= 0.3 is 0 Å². The van der Waals surface area contributed by atoms with E-state index >= 15 is 0 Å². The normalized spacial score (nSPS) is 11.5. The molecule has 0 amide bonds. The molecule has 0 rings (SSSR count). The first-order chi connectivity index (χ1) is 8.81. The number of hydrogen-bond donors (Lipinski definition) is 1. The minimum atomic E-state index is -0.349. The Morgan fingerprint density at radius 1 is 1.00 bits per heavy atom. The van der Waals surface area contributed by atoms with E-state index in [2.05, 4.69) is 35.5 Å². The highest BCUT2D eigenvalue weighted by Crippen LogP contribution is 1.97. The second kappa shape index (κ2) is 12.9. The summed E-state index contributed by atoms with van der Waals surface area (Å²) in [5.41, 5.74) is 0. The zero-order valence-corrected chi connectivity index (χ0v) is 10.9. The molecular weight excluding hydrogens is 220 g/mol. The summed E-state index contributed by atoms with van der Waals surface area (Å²) in [7, 11) is 0. The van der Waals surface area contributed by atoms with E-state index in [4.69, 9.17) is 0 Å². The molecule has 0 aliphatic rings. The van der Waals surface area contributed by atoms with Crippen molar-refractivity contribution in [3.63, 3.8) is 0 Å². The molecular formula is C17H18O. The third-order valence-corrected chi connectivity index (χ3v) is 1.82. The largest absolute Gasteiger partial charge is 0.389 e. The van der Waals surface area contributed by atoms with Gasteiger partial charge in [0.2, 0.25) is 0 Å². The first-order valence-corrected chi connectivity index (χ1v) is 5.91. The first-order valence-electron chi connectivity index (χ1n) is 5.91. The van der Waals surface area contributed by atoms with E-state index in [1.807, 2.05) is 31.2 Å². The van der Waals surface area contributed by atoms with E-state index in [0.29, 0.717) is 0 Å². The van der Waals surface area contributed by atoms with Crippen LogP contribution in [0.2, 0.25) is 0 Å². The molecule has 0 spiro atoms. The molecule has 0 aliphatic carbocycles. The Kier molecular flexibility index (Phi) is 11.4. The molecule has 1 atom stereocenters. The second-order valence-corrected chi connectivity index (χ2v) is 3.38. The highest BCUT2D eigenvalue weighted by molar-refractivity contribution is 5.37. The molecule has 0 unspecified atom stereocenters. The van der Waals surface area contributed by atoms with Crippen LogP contribution in [-0.2, 0) is 0 Å². The molecule has 0 saturated carbocycles. The summed E-state index contributed by atoms with van der Waals surface area (Å²) < 4.78 is 0. The maximum Gasteiger partial charge on any atom is 0.0723 e. The van der Waals surface area contributed by atoms with Crippen LogP contribution in [0.4, 0.5) is 0 Å². The molecule has 92 valence electrons. The molecule has 0 bridgehead atoms. The molecule has 0 aromatic heterocycles. The van der Waals surface area contributed by atoms with E-state index in [1.54, 1.807) is 19.1 Å². The fraction of sp³-hybridized carbons (Fsp3) is 0.294. The number of hydrogen-bond acceptors (Lipinski definition) is 1. The van der Waals surface area contributed by atoms with Crippen LogP contribution in [0.25, 0.3) is 0 Å². The van der Waals surface area contributed by atoms with E-state index in [0.717, 1.165) is 12.8 Å². The summed E-state index contributed by atoms with van der Waals surface area (Å²) in [6.45, 7) is 3.78. The quantitative estimate of drug-likeness (QED) is 0.577. The van der Waals surface area contributed by atoms with Crippen LogP contribution in [0.3, 0.4) is 0 Å². The predicted molar refractivity (Wildman–Crippen MR) is 77.3 cm³/mol. The van der Waals surface area contributed by atoms with E-state index in [-0.39, 0.29) is 6.10 Å². The fourth-order valence-corrected chi connectivity index (χ4v) is 1.02. The monoisotopic (exact) mass is 238 g/mol. The molecule has 0 aliphatic heterocycles. The lowest BCUT2D eigenvalue weighted by Gasteiger charge is -1.99. The summed E-state index contributed by atoms with van der Waals surface area (Å²) in [5.74, 6) is 15.9. The Morgan fingerprint density at radius 2 is 1.72 bits per heavy atom. The van der Waals surface area contributed by atoms with Gasteiger partial charge in [-0.2, -0.15) is 0 Å². The number of aliphatic hydroxyl groups excluding tert-OH is 1. The van der Waals surface area contributed by atoms with Crippen molar-refractivity contribution in [2.75, 3.05) is 0 Å². The van der Waals surface area contributed by atoms with Crippen LogP contribution >= 0.6 is 0 Å². The highest BCUT2D eigenvalue weighted by atomic mass is 16.3. The Hall–Kier alpha value is -2.14. The van der Waals surface area contributed by atoms with Crippen LogP contribution in [-0.4, -0.2) is 11.2 Å². The summed E-state index contributed by atoms with van der Waals surface area (Å²) in [6.07, 6.45) is 12.3.